The Morgan fingerprint density at radius 3 is 2.48 bits per heavy atom. The van der Waals surface area contributed by atoms with E-state index in [0.29, 0.717) is 18.5 Å². The molecule has 1 aromatic carbocycles. The van der Waals surface area contributed by atoms with Crippen molar-refractivity contribution in [1.29, 1.82) is 0 Å². The zero-order chi connectivity index (χ0) is 15.4. The Bertz CT molecular complexity index is 649. The first-order valence-electron chi connectivity index (χ1n) is 6.86. The van der Waals surface area contributed by atoms with Crippen LogP contribution in [0.4, 0.5) is 5.69 Å². The maximum absolute atomic E-state index is 12.2. The summed E-state index contributed by atoms with van der Waals surface area (Å²) in [6.07, 6.45) is 2.45. The number of benzene rings is 1. The predicted molar refractivity (Wildman–Crippen MR) is 83.5 cm³/mol. The maximum Gasteiger partial charge on any atom is 0.143 e. The first kappa shape index (κ1) is 15.0. The van der Waals surface area contributed by atoms with Gasteiger partial charge in [0.25, 0.3) is 0 Å². The second-order valence-electron chi connectivity index (χ2n) is 5.18. The van der Waals surface area contributed by atoms with Gasteiger partial charge < -0.3 is 10.5 Å². The summed E-state index contributed by atoms with van der Waals surface area (Å²) in [7, 11) is 1.63. The average molecular weight is 284 g/mol. The molecule has 1 heterocycles. The van der Waals surface area contributed by atoms with Crippen LogP contribution < -0.4 is 10.5 Å². The minimum Gasteiger partial charge on any atom is -0.496 e. The molecule has 0 fully saturated rings. The molecule has 0 amide bonds. The topological polar surface area (TPSA) is 65.2 Å². The third-order valence-electron chi connectivity index (χ3n) is 3.50. The molecular formula is C17H20N2O2. The number of Topliss-reactive ketones (excluding diaryl/α,β-unsaturated/α-hetero) is 1. The zero-order valence-corrected chi connectivity index (χ0v) is 12.6. The summed E-state index contributed by atoms with van der Waals surface area (Å²) in [4.78, 5) is 16.6. The number of rotatable bonds is 5. The van der Waals surface area contributed by atoms with E-state index in [1.165, 1.54) is 0 Å². The van der Waals surface area contributed by atoms with Gasteiger partial charge >= 0.3 is 0 Å². The van der Waals surface area contributed by atoms with Crippen LogP contribution in [0.3, 0.4) is 0 Å². The van der Waals surface area contributed by atoms with Gasteiger partial charge in [-0.15, -0.1) is 0 Å². The number of hydrogen-bond donors (Lipinski definition) is 1. The van der Waals surface area contributed by atoms with Crippen LogP contribution in [0.15, 0.2) is 30.5 Å². The van der Waals surface area contributed by atoms with E-state index in [-0.39, 0.29) is 5.78 Å². The Hall–Kier alpha value is -2.36. The van der Waals surface area contributed by atoms with Crippen LogP contribution in [-0.2, 0) is 17.6 Å². The van der Waals surface area contributed by atoms with Gasteiger partial charge in [0, 0.05) is 35.9 Å². The minimum absolute atomic E-state index is 0.126. The number of carbonyl (C=O) groups excluding carboxylic acids is 1. The van der Waals surface area contributed by atoms with Gasteiger partial charge in [0.2, 0.25) is 0 Å². The molecule has 4 nitrogen and oxygen atoms in total. The summed E-state index contributed by atoms with van der Waals surface area (Å²) >= 11 is 0. The van der Waals surface area contributed by atoms with E-state index in [4.69, 9.17) is 10.5 Å². The molecule has 0 saturated carbocycles. The number of anilines is 1. The second kappa shape index (κ2) is 6.39. The molecule has 1 aromatic heterocycles. The second-order valence-corrected chi connectivity index (χ2v) is 5.18. The summed E-state index contributed by atoms with van der Waals surface area (Å²) in [6, 6.07) is 7.37. The van der Waals surface area contributed by atoms with Gasteiger partial charge in [-0.3, -0.25) is 9.78 Å². The Morgan fingerprint density at radius 1 is 1.19 bits per heavy atom. The number of hydrogen-bond acceptors (Lipinski definition) is 4. The van der Waals surface area contributed by atoms with E-state index in [1.54, 1.807) is 25.4 Å². The van der Waals surface area contributed by atoms with Crippen molar-refractivity contribution in [2.75, 3.05) is 12.8 Å². The molecular weight excluding hydrogens is 264 g/mol. The first-order chi connectivity index (χ1) is 10.0. The molecule has 0 spiro atoms. The number of methoxy groups -OCH3 is 1. The van der Waals surface area contributed by atoms with E-state index in [2.05, 4.69) is 4.98 Å². The lowest BCUT2D eigenvalue weighted by Crippen LogP contribution is -2.10. The van der Waals surface area contributed by atoms with E-state index in [0.717, 1.165) is 28.1 Å². The average Bonchev–Trinajstić information content (AvgIpc) is 2.45. The summed E-state index contributed by atoms with van der Waals surface area (Å²) < 4.78 is 5.36. The monoisotopic (exact) mass is 284 g/mol. The van der Waals surface area contributed by atoms with E-state index in [1.807, 2.05) is 26.0 Å². The van der Waals surface area contributed by atoms with Crippen molar-refractivity contribution in [3.05, 3.63) is 52.8 Å². The molecule has 0 radical (unpaired) electrons. The normalized spacial score (nSPS) is 10.4. The lowest BCUT2D eigenvalue weighted by molar-refractivity contribution is -0.117. The van der Waals surface area contributed by atoms with Crippen LogP contribution in [0.5, 0.6) is 5.75 Å². The van der Waals surface area contributed by atoms with Crippen LogP contribution in [0.1, 0.15) is 22.4 Å². The molecule has 2 aromatic rings. The molecule has 0 atom stereocenters. The van der Waals surface area contributed by atoms with Crippen LogP contribution in [0.25, 0.3) is 0 Å². The summed E-state index contributed by atoms with van der Waals surface area (Å²) in [5, 5.41) is 0. The molecule has 0 saturated heterocycles. The fourth-order valence-electron chi connectivity index (χ4n) is 2.36. The van der Waals surface area contributed by atoms with Crippen molar-refractivity contribution >= 4 is 11.5 Å². The minimum atomic E-state index is 0.126. The van der Waals surface area contributed by atoms with Crippen molar-refractivity contribution in [2.45, 2.75) is 26.7 Å². The van der Waals surface area contributed by atoms with Gasteiger partial charge in [-0.2, -0.15) is 0 Å². The molecule has 110 valence electrons. The Kier molecular flexibility index (Phi) is 4.58. The molecule has 0 aliphatic carbocycles. The number of nitrogen functional groups attached to an aromatic ring is 1. The summed E-state index contributed by atoms with van der Waals surface area (Å²) in [5.41, 5.74) is 9.99. The number of nitrogens with zero attached hydrogens (tertiary/aromatic N) is 1. The summed E-state index contributed by atoms with van der Waals surface area (Å²) in [6.45, 7) is 3.88. The predicted octanol–water partition coefficient (Wildman–Crippen LogP) is 2.64. The van der Waals surface area contributed by atoms with Crippen molar-refractivity contribution in [3.63, 3.8) is 0 Å². The van der Waals surface area contributed by atoms with Crippen molar-refractivity contribution < 1.29 is 9.53 Å². The van der Waals surface area contributed by atoms with Gasteiger partial charge in [0.15, 0.2) is 0 Å². The number of ether oxygens (including phenoxy) is 1. The highest BCUT2D eigenvalue weighted by Gasteiger charge is 2.13. The van der Waals surface area contributed by atoms with Gasteiger partial charge in [-0.25, -0.2) is 0 Å². The largest absolute Gasteiger partial charge is 0.496 e. The number of aryl methyl sites for hydroxylation is 1. The van der Waals surface area contributed by atoms with Gasteiger partial charge in [-0.1, -0.05) is 12.1 Å². The van der Waals surface area contributed by atoms with Gasteiger partial charge in [-0.05, 0) is 31.5 Å². The van der Waals surface area contributed by atoms with Gasteiger partial charge in [0.05, 0.1) is 12.8 Å². The number of ketones is 1. The third-order valence-corrected chi connectivity index (χ3v) is 3.50. The quantitative estimate of drug-likeness (QED) is 0.857. The van der Waals surface area contributed by atoms with Crippen LogP contribution in [0.2, 0.25) is 0 Å². The number of pyridine rings is 1. The molecule has 0 aliphatic rings. The number of carbonyl (C=O) groups is 1. The van der Waals surface area contributed by atoms with Crippen LogP contribution in [-0.4, -0.2) is 17.9 Å². The van der Waals surface area contributed by atoms with Crippen LogP contribution in [0, 0.1) is 13.8 Å². The maximum atomic E-state index is 12.2. The standard InChI is InChI=1S/C17H20N2O2/c1-11-10-19-16(12(2)17(11)21-3)9-15(20)8-13-4-6-14(18)7-5-13/h4-7,10H,8-9,18H2,1-3H3. The SMILES string of the molecule is COc1c(C)cnc(CC(=O)Cc2ccc(N)cc2)c1C. The van der Waals surface area contributed by atoms with E-state index < -0.39 is 0 Å². The zero-order valence-electron chi connectivity index (χ0n) is 12.6. The smallest absolute Gasteiger partial charge is 0.143 e. The molecule has 0 unspecified atom stereocenters. The summed E-state index contributed by atoms with van der Waals surface area (Å²) in [5.74, 6) is 0.932. The fraction of sp³-hybridized carbons (Fsp3) is 0.294. The lowest BCUT2D eigenvalue weighted by Gasteiger charge is -2.11. The molecule has 21 heavy (non-hydrogen) atoms. The molecule has 2 rings (SSSR count). The molecule has 4 heteroatoms. The Labute approximate surface area is 125 Å². The van der Waals surface area contributed by atoms with Crippen molar-refractivity contribution in [2.24, 2.45) is 0 Å². The number of nitrogens with two attached hydrogens (primary N) is 1. The fourth-order valence-corrected chi connectivity index (χ4v) is 2.36. The highest BCUT2D eigenvalue weighted by molar-refractivity contribution is 5.83. The Balaban J connectivity index is 2.11. The third kappa shape index (κ3) is 3.60. The van der Waals surface area contributed by atoms with E-state index in [9.17, 15) is 4.79 Å². The Morgan fingerprint density at radius 2 is 1.86 bits per heavy atom. The molecule has 2 N–H and O–H groups in total. The lowest BCUT2D eigenvalue weighted by atomic mass is 10.0. The molecule has 0 bridgehead atoms. The van der Waals surface area contributed by atoms with E-state index >= 15 is 0 Å². The highest BCUT2D eigenvalue weighted by Crippen LogP contribution is 2.24. The molecule has 0 aliphatic heterocycles. The number of aromatic nitrogens is 1. The van der Waals surface area contributed by atoms with Crippen LogP contribution >= 0.6 is 0 Å². The van der Waals surface area contributed by atoms with Crippen molar-refractivity contribution in [1.82, 2.24) is 4.98 Å². The van der Waals surface area contributed by atoms with Gasteiger partial charge in [0.1, 0.15) is 11.5 Å². The highest BCUT2D eigenvalue weighted by atomic mass is 16.5. The van der Waals surface area contributed by atoms with Crippen molar-refractivity contribution in [3.8, 4) is 5.75 Å². The first-order valence-corrected chi connectivity index (χ1v) is 6.86.